The third-order valence-corrected chi connectivity index (χ3v) is 4.57. The summed E-state index contributed by atoms with van der Waals surface area (Å²) in [6.07, 6.45) is 5.59. The zero-order chi connectivity index (χ0) is 18.6. The van der Waals surface area contributed by atoms with Crippen LogP contribution in [0.15, 0.2) is 54.9 Å². The molecule has 4 aromatic rings. The van der Waals surface area contributed by atoms with E-state index in [1.165, 1.54) is 5.56 Å². The molecule has 3 aromatic heterocycles. The average molecular weight is 360 g/mol. The second-order valence-electron chi connectivity index (χ2n) is 7.03. The predicted molar refractivity (Wildman–Crippen MR) is 109 cm³/mol. The highest BCUT2D eigenvalue weighted by atomic mass is 15.3. The second-order valence-corrected chi connectivity index (χ2v) is 7.03. The molecule has 0 amide bonds. The summed E-state index contributed by atoms with van der Waals surface area (Å²) in [6.45, 7) is 1.96. The zero-order valence-electron chi connectivity index (χ0n) is 15.8. The molecule has 0 fully saturated rings. The van der Waals surface area contributed by atoms with Crippen molar-refractivity contribution >= 4 is 22.4 Å². The lowest BCUT2D eigenvalue weighted by molar-refractivity contribution is 0.405. The topological polar surface area (TPSA) is 58.3 Å². The van der Waals surface area contributed by atoms with Crippen LogP contribution in [0.2, 0.25) is 0 Å². The number of hydrogen-bond donors (Lipinski definition) is 1. The van der Waals surface area contributed by atoms with E-state index in [0.29, 0.717) is 0 Å². The Morgan fingerprint density at radius 1 is 1.07 bits per heavy atom. The molecule has 0 radical (unpaired) electrons. The quantitative estimate of drug-likeness (QED) is 0.513. The monoisotopic (exact) mass is 360 g/mol. The van der Waals surface area contributed by atoms with Gasteiger partial charge in [0.1, 0.15) is 5.82 Å². The molecule has 4 rings (SSSR count). The number of fused-ring (bicyclic) bond motifs is 2. The van der Waals surface area contributed by atoms with Gasteiger partial charge in [-0.3, -0.25) is 4.98 Å². The summed E-state index contributed by atoms with van der Waals surface area (Å²) in [5.74, 6) is 0.878. The van der Waals surface area contributed by atoms with Gasteiger partial charge in [-0.2, -0.15) is 0 Å². The molecule has 6 nitrogen and oxygen atoms in total. The predicted octanol–water partition coefficient (Wildman–Crippen LogP) is 3.23. The fraction of sp³-hybridized carbons (Fsp3) is 0.286. The van der Waals surface area contributed by atoms with Crippen LogP contribution in [0, 0.1) is 0 Å². The summed E-state index contributed by atoms with van der Waals surface area (Å²) < 4.78 is 1.93. The Labute approximate surface area is 158 Å². The van der Waals surface area contributed by atoms with Crippen LogP contribution in [0.25, 0.3) is 16.6 Å². The molecule has 1 N–H and O–H groups in total. The van der Waals surface area contributed by atoms with Crippen LogP contribution in [0.5, 0.6) is 0 Å². The van der Waals surface area contributed by atoms with Gasteiger partial charge >= 0.3 is 0 Å². The normalized spacial score (nSPS) is 11.5. The van der Waals surface area contributed by atoms with E-state index >= 15 is 0 Å². The summed E-state index contributed by atoms with van der Waals surface area (Å²) in [6, 6.07) is 14.4. The molecular formula is C21H24N6. The van der Waals surface area contributed by atoms with Gasteiger partial charge in [0, 0.05) is 24.5 Å². The van der Waals surface area contributed by atoms with E-state index < -0.39 is 0 Å². The molecule has 0 unspecified atom stereocenters. The molecule has 3 heterocycles. The fourth-order valence-electron chi connectivity index (χ4n) is 3.19. The van der Waals surface area contributed by atoms with Crippen LogP contribution in [0.1, 0.15) is 17.7 Å². The van der Waals surface area contributed by atoms with Crippen LogP contribution < -0.4 is 5.32 Å². The molecule has 0 aliphatic heterocycles. The van der Waals surface area contributed by atoms with Gasteiger partial charge in [-0.1, -0.05) is 12.1 Å². The summed E-state index contributed by atoms with van der Waals surface area (Å²) in [4.78, 5) is 11.1. The highest BCUT2D eigenvalue weighted by molar-refractivity contribution is 5.79. The van der Waals surface area contributed by atoms with E-state index in [1.54, 1.807) is 0 Å². The van der Waals surface area contributed by atoms with Crippen LogP contribution in [0.3, 0.4) is 0 Å². The van der Waals surface area contributed by atoms with Crippen LogP contribution in [0.4, 0.5) is 5.82 Å². The van der Waals surface area contributed by atoms with Gasteiger partial charge in [-0.05, 0) is 63.0 Å². The van der Waals surface area contributed by atoms with Crippen molar-refractivity contribution in [3.05, 3.63) is 66.1 Å². The summed E-state index contributed by atoms with van der Waals surface area (Å²) in [5, 5.41) is 9.28. The third-order valence-electron chi connectivity index (χ3n) is 4.57. The van der Waals surface area contributed by atoms with Gasteiger partial charge < -0.3 is 10.2 Å². The fourth-order valence-corrected chi connectivity index (χ4v) is 3.19. The Kier molecular flexibility index (Phi) is 4.98. The first-order valence-electron chi connectivity index (χ1n) is 9.25. The highest BCUT2D eigenvalue weighted by Crippen LogP contribution is 2.17. The van der Waals surface area contributed by atoms with E-state index in [9.17, 15) is 0 Å². The average Bonchev–Trinajstić information content (AvgIpc) is 3.07. The van der Waals surface area contributed by atoms with Crippen molar-refractivity contribution in [2.75, 3.05) is 32.5 Å². The van der Waals surface area contributed by atoms with E-state index in [4.69, 9.17) is 5.10 Å². The van der Waals surface area contributed by atoms with Crippen molar-refractivity contribution in [2.45, 2.75) is 12.8 Å². The lowest BCUT2D eigenvalue weighted by atomic mass is 10.1. The smallest absolute Gasteiger partial charge is 0.153 e. The SMILES string of the molecule is CN(C)CCCNc1ccc2ncc(Cc3ccc4ncccc4c3)n2n1. The highest BCUT2D eigenvalue weighted by Gasteiger charge is 2.07. The number of nitrogens with one attached hydrogen (secondary N) is 1. The van der Waals surface area contributed by atoms with Gasteiger partial charge in [0.05, 0.1) is 17.4 Å². The molecule has 0 bridgehead atoms. The molecule has 0 atom stereocenters. The molecule has 27 heavy (non-hydrogen) atoms. The number of benzene rings is 1. The van der Waals surface area contributed by atoms with E-state index in [0.717, 1.165) is 54.0 Å². The summed E-state index contributed by atoms with van der Waals surface area (Å²) >= 11 is 0. The number of imidazole rings is 1. The van der Waals surface area contributed by atoms with Crippen molar-refractivity contribution in [3.8, 4) is 0 Å². The third kappa shape index (κ3) is 4.06. The number of hydrogen-bond acceptors (Lipinski definition) is 5. The molecule has 0 aliphatic carbocycles. The van der Waals surface area contributed by atoms with E-state index in [1.807, 2.05) is 35.1 Å². The maximum Gasteiger partial charge on any atom is 0.153 e. The lowest BCUT2D eigenvalue weighted by Gasteiger charge is -2.10. The van der Waals surface area contributed by atoms with Crippen molar-refractivity contribution in [3.63, 3.8) is 0 Å². The number of nitrogens with zero attached hydrogens (tertiary/aromatic N) is 5. The van der Waals surface area contributed by atoms with Crippen molar-refractivity contribution < 1.29 is 0 Å². The minimum absolute atomic E-state index is 0.781. The minimum Gasteiger partial charge on any atom is -0.369 e. The van der Waals surface area contributed by atoms with Gasteiger partial charge in [0.15, 0.2) is 5.65 Å². The summed E-state index contributed by atoms with van der Waals surface area (Å²) in [5.41, 5.74) is 4.18. The largest absolute Gasteiger partial charge is 0.369 e. The molecule has 0 saturated heterocycles. The second kappa shape index (κ2) is 7.72. The van der Waals surface area contributed by atoms with Crippen LogP contribution >= 0.6 is 0 Å². The Morgan fingerprint density at radius 3 is 2.89 bits per heavy atom. The van der Waals surface area contributed by atoms with Crippen molar-refractivity contribution in [1.29, 1.82) is 0 Å². The lowest BCUT2D eigenvalue weighted by Crippen LogP contribution is -2.17. The molecule has 6 heteroatoms. The van der Waals surface area contributed by atoms with Crippen LogP contribution in [-0.4, -0.2) is 51.7 Å². The molecule has 138 valence electrons. The Balaban J connectivity index is 1.53. The molecule has 0 aliphatic rings. The Bertz CT molecular complexity index is 1050. The van der Waals surface area contributed by atoms with Crippen LogP contribution in [-0.2, 0) is 6.42 Å². The van der Waals surface area contributed by atoms with Crippen molar-refractivity contribution in [1.82, 2.24) is 24.5 Å². The number of pyridine rings is 1. The molecular weight excluding hydrogens is 336 g/mol. The van der Waals surface area contributed by atoms with Crippen molar-refractivity contribution in [2.24, 2.45) is 0 Å². The van der Waals surface area contributed by atoms with Gasteiger partial charge in [-0.15, -0.1) is 5.10 Å². The summed E-state index contributed by atoms with van der Waals surface area (Å²) in [7, 11) is 4.18. The zero-order valence-corrected chi connectivity index (χ0v) is 15.8. The van der Waals surface area contributed by atoms with E-state index in [-0.39, 0.29) is 0 Å². The van der Waals surface area contributed by atoms with Gasteiger partial charge in [-0.25, -0.2) is 9.50 Å². The van der Waals surface area contributed by atoms with Gasteiger partial charge in [0.25, 0.3) is 0 Å². The standard InChI is InChI=1S/C21H24N6/c1-26(2)12-4-11-23-20-8-9-21-24-15-18(27(21)25-20)14-16-6-7-19-17(13-16)5-3-10-22-19/h3,5-10,13,15H,4,11-12,14H2,1-2H3,(H,23,25). The maximum atomic E-state index is 4.73. The molecule has 0 saturated carbocycles. The number of aromatic nitrogens is 4. The maximum absolute atomic E-state index is 4.73. The number of rotatable bonds is 7. The first-order valence-corrected chi connectivity index (χ1v) is 9.25. The first-order chi connectivity index (χ1) is 13.2. The van der Waals surface area contributed by atoms with E-state index in [2.05, 4.69) is 58.5 Å². The molecule has 1 aromatic carbocycles. The Morgan fingerprint density at radius 2 is 2.00 bits per heavy atom. The first kappa shape index (κ1) is 17.4. The molecule has 0 spiro atoms. The Hall–Kier alpha value is -2.99. The minimum atomic E-state index is 0.781. The number of anilines is 1. The van der Waals surface area contributed by atoms with Gasteiger partial charge in [0.2, 0.25) is 0 Å².